The molecule has 0 fully saturated rings. The van der Waals surface area contributed by atoms with Crippen LogP contribution in [0.3, 0.4) is 0 Å². The van der Waals surface area contributed by atoms with Crippen LogP contribution >= 0.6 is 0 Å². The third kappa shape index (κ3) is 5.88. The predicted molar refractivity (Wildman–Crippen MR) is 217 cm³/mol. The minimum atomic E-state index is 0.879. The molecule has 0 amide bonds. The second-order valence-electron chi connectivity index (χ2n) is 14.3. The maximum absolute atomic E-state index is 4.42. The molecular weight excluding hydrogens is 631 g/mol. The van der Waals surface area contributed by atoms with Gasteiger partial charge in [0.1, 0.15) is 0 Å². The number of rotatable bonds is 8. The molecule has 52 heavy (non-hydrogen) atoms. The molecule has 0 unspecified atom stereocenters. The fourth-order valence-corrected chi connectivity index (χ4v) is 8.04. The average molecular weight is 672 g/mol. The number of hydrogen-bond donors (Lipinski definition) is 0. The summed E-state index contributed by atoms with van der Waals surface area (Å²) >= 11 is 0. The third-order valence-electron chi connectivity index (χ3n) is 10.7. The highest BCUT2D eigenvalue weighted by Gasteiger charge is 2.14. The Hall–Kier alpha value is -6.19. The van der Waals surface area contributed by atoms with E-state index in [0.29, 0.717) is 0 Å². The number of pyridine rings is 1. The van der Waals surface area contributed by atoms with E-state index in [-0.39, 0.29) is 0 Å². The van der Waals surface area contributed by atoms with Crippen molar-refractivity contribution in [2.75, 3.05) is 0 Å². The molecule has 9 rings (SSSR count). The Bertz CT molecular complexity index is 2650. The van der Waals surface area contributed by atoms with Crippen LogP contribution in [0.5, 0.6) is 0 Å². The lowest BCUT2D eigenvalue weighted by molar-refractivity contribution is 1.03. The fourth-order valence-electron chi connectivity index (χ4n) is 8.04. The first-order valence-electron chi connectivity index (χ1n) is 18.2. The molecule has 3 aromatic heterocycles. The number of aromatic nitrogens is 3. The number of aryl methyl sites for hydroxylation is 2. The molecule has 3 nitrogen and oxygen atoms in total. The van der Waals surface area contributed by atoms with Gasteiger partial charge < -0.3 is 9.13 Å². The van der Waals surface area contributed by atoms with Gasteiger partial charge >= 0.3 is 0 Å². The molecule has 252 valence electrons. The lowest BCUT2D eigenvalue weighted by Crippen LogP contribution is -1.99. The Morgan fingerprint density at radius 2 is 0.885 bits per heavy atom. The van der Waals surface area contributed by atoms with Gasteiger partial charge in [-0.25, -0.2) is 0 Å². The van der Waals surface area contributed by atoms with E-state index >= 15 is 0 Å². The van der Waals surface area contributed by atoms with Crippen LogP contribution in [0.2, 0.25) is 0 Å². The second-order valence-corrected chi connectivity index (χ2v) is 14.3. The summed E-state index contributed by atoms with van der Waals surface area (Å²) in [5.41, 5.74) is 18.0. The zero-order valence-electron chi connectivity index (χ0n) is 30.0. The highest BCUT2D eigenvalue weighted by molar-refractivity contribution is 6.08. The van der Waals surface area contributed by atoms with E-state index in [2.05, 4.69) is 180 Å². The summed E-state index contributed by atoms with van der Waals surface area (Å²) < 4.78 is 4.74. The fraction of sp³-hybridized carbons (Fsp3) is 0.122. The molecule has 0 saturated heterocycles. The van der Waals surface area contributed by atoms with Crippen LogP contribution in [-0.2, 0) is 19.3 Å². The Labute approximate surface area is 305 Å². The van der Waals surface area contributed by atoms with Gasteiger partial charge in [-0.05, 0) is 121 Å². The van der Waals surface area contributed by atoms with Crippen molar-refractivity contribution in [1.82, 2.24) is 14.1 Å². The van der Waals surface area contributed by atoms with Gasteiger partial charge in [0.05, 0.1) is 16.6 Å². The van der Waals surface area contributed by atoms with E-state index in [0.717, 1.165) is 24.9 Å². The van der Waals surface area contributed by atoms with Gasteiger partial charge in [0.2, 0.25) is 0 Å². The van der Waals surface area contributed by atoms with Crippen molar-refractivity contribution in [2.24, 2.45) is 0 Å². The van der Waals surface area contributed by atoms with Crippen molar-refractivity contribution in [3.8, 4) is 11.4 Å². The van der Waals surface area contributed by atoms with Crippen molar-refractivity contribution < 1.29 is 0 Å². The maximum Gasteiger partial charge on any atom is 0.0571 e. The van der Waals surface area contributed by atoms with E-state index in [1.54, 1.807) is 0 Å². The summed E-state index contributed by atoms with van der Waals surface area (Å²) in [5.74, 6) is 0. The number of hydrogen-bond acceptors (Lipinski definition) is 1. The zero-order valence-corrected chi connectivity index (χ0v) is 30.0. The molecule has 3 heteroatoms. The summed E-state index contributed by atoms with van der Waals surface area (Å²) in [6.45, 7) is 6.60. The lowest BCUT2D eigenvalue weighted by atomic mass is 9.94. The third-order valence-corrected chi connectivity index (χ3v) is 10.7. The highest BCUT2D eigenvalue weighted by atomic mass is 15.0. The van der Waals surface area contributed by atoms with Gasteiger partial charge in [-0.3, -0.25) is 4.98 Å². The largest absolute Gasteiger partial charge is 0.314 e. The second kappa shape index (κ2) is 13.2. The maximum atomic E-state index is 4.42. The minimum Gasteiger partial charge on any atom is -0.314 e. The van der Waals surface area contributed by atoms with Crippen LogP contribution in [0, 0.1) is 20.8 Å². The monoisotopic (exact) mass is 671 g/mol. The van der Waals surface area contributed by atoms with E-state index < -0.39 is 0 Å². The standard InChI is InChI=1S/C49H41N3/c1-33-12-14-36(15-13-33)26-39-29-40(27-37-16-20-42(21-17-37)51-35(3)34(2)44-8-4-6-10-47(44)51)31-41(30-39)28-38-18-22-43(23-19-38)52-48-11-7-5-9-45(48)46-32-50-25-24-49(46)52/h4-25,29-32H,26-28H2,1-3H3. The lowest BCUT2D eigenvalue weighted by Gasteiger charge is -2.13. The molecule has 0 aliphatic carbocycles. The predicted octanol–water partition coefficient (Wildman–Crippen LogP) is 11.8. The quantitative estimate of drug-likeness (QED) is 0.158. The molecule has 0 saturated carbocycles. The van der Waals surface area contributed by atoms with Gasteiger partial charge in [0, 0.05) is 45.6 Å². The zero-order chi connectivity index (χ0) is 35.2. The number of fused-ring (bicyclic) bond motifs is 4. The molecule has 3 heterocycles. The molecule has 0 radical (unpaired) electrons. The van der Waals surface area contributed by atoms with Crippen LogP contribution in [0.1, 0.15) is 50.2 Å². The Kier molecular flexibility index (Phi) is 8.05. The van der Waals surface area contributed by atoms with Crippen LogP contribution in [0.15, 0.2) is 158 Å². The van der Waals surface area contributed by atoms with Crippen LogP contribution in [0.4, 0.5) is 0 Å². The first-order valence-corrected chi connectivity index (χ1v) is 18.2. The molecule has 0 spiro atoms. The minimum absolute atomic E-state index is 0.879. The first-order chi connectivity index (χ1) is 25.5. The summed E-state index contributed by atoms with van der Waals surface area (Å²) in [6.07, 6.45) is 6.55. The SMILES string of the molecule is Cc1ccc(Cc2cc(Cc3ccc(-n4c(C)c(C)c5ccccc54)cc3)cc(Cc3ccc(-n4c5ccccc5c5cnccc54)cc3)c2)cc1. The van der Waals surface area contributed by atoms with E-state index in [1.807, 2.05) is 12.4 Å². The van der Waals surface area contributed by atoms with E-state index in [1.165, 1.54) is 88.6 Å². The molecule has 0 N–H and O–H groups in total. The molecule has 0 bridgehead atoms. The van der Waals surface area contributed by atoms with Gasteiger partial charge in [-0.15, -0.1) is 0 Å². The van der Waals surface area contributed by atoms with Gasteiger partial charge in [-0.2, -0.15) is 0 Å². The summed E-state index contributed by atoms with van der Waals surface area (Å²) in [7, 11) is 0. The summed E-state index contributed by atoms with van der Waals surface area (Å²) in [6, 6.07) is 53.9. The average Bonchev–Trinajstić information content (AvgIpc) is 3.64. The summed E-state index contributed by atoms with van der Waals surface area (Å²) in [5, 5.41) is 3.73. The number of para-hydroxylation sites is 2. The first kappa shape index (κ1) is 31.8. The topological polar surface area (TPSA) is 22.8 Å². The molecule has 0 atom stereocenters. The van der Waals surface area contributed by atoms with Crippen molar-refractivity contribution >= 4 is 32.7 Å². The Balaban J connectivity index is 1.02. The number of benzene rings is 6. The normalized spacial score (nSPS) is 11.6. The molecule has 6 aromatic carbocycles. The number of nitrogens with zero attached hydrogens (tertiary/aromatic N) is 3. The van der Waals surface area contributed by atoms with Crippen molar-refractivity contribution in [2.45, 2.75) is 40.0 Å². The molecular formula is C49H41N3. The Morgan fingerprint density at radius 3 is 1.46 bits per heavy atom. The van der Waals surface area contributed by atoms with E-state index in [9.17, 15) is 0 Å². The molecule has 0 aliphatic heterocycles. The Morgan fingerprint density at radius 1 is 0.423 bits per heavy atom. The van der Waals surface area contributed by atoms with E-state index in [4.69, 9.17) is 0 Å². The van der Waals surface area contributed by atoms with Gasteiger partial charge in [0.15, 0.2) is 0 Å². The van der Waals surface area contributed by atoms with Crippen molar-refractivity contribution in [1.29, 1.82) is 0 Å². The summed E-state index contributed by atoms with van der Waals surface area (Å²) in [4.78, 5) is 4.42. The smallest absolute Gasteiger partial charge is 0.0571 e. The molecule has 9 aromatic rings. The highest BCUT2D eigenvalue weighted by Crippen LogP contribution is 2.32. The van der Waals surface area contributed by atoms with Crippen LogP contribution in [-0.4, -0.2) is 14.1 Å². The van der Waals surface area contributed by atoms with Crippen LogP contribution < -0.4 is 0 Å². The van der Waals surface area contributed by atoms with Crippen molar-refractivity contribution in [3.05, 3.63) is 208 Å². The van der Waals surface area contributed by atoms with Gasteiger partial charge in [0.25, 0.3) is 0 Å². The van der Waals surface area contributed by atoms with Crippen molar-refractivity contribution in [3.63, 3.8) is 0 Å². The molecule has 0 aliphatic rings. The van der Waals surface area contributed by atoms with Crippen LogP contribution in [0.25, 0.3) is 44.1 Å². The van der Waals surface area contributed by atoms with Gasteiger partial charge in [-0.1, -0.05) is 109 Å².